The molecule has 1 aromatic rings. The summed E-state index contributed by atoms with van der Waals surface area (Å²) in [5.41, 5.74) is 2.82. The molecule has 2 rings (SSSR count). The average molecular weight is 339 g/mol. The second-order valence-corrected chi connectivity index (χ2v) is 7.12. The van der Waals surface area contributed by atoms with E-state index in [0.29, 0.717) is 18.1 Å². The highest BCUT2D eigenvalue weighted by Gasteiger charge is 2.30. The van der Waals surface area contributed by atoms with E-state index in [-0.39, 0.29) is 0 Å². The molecule has 1 N–H and O–H groups in total. The normalized spacial score (nSPS) is 22.8. The van der Waals surface area contributed by atoms with Crippen LogP contribution in [0.15, 0.2) is 22.7 Å². The molecule has 1 aromatic carbocycles. The lowest BCUT2D eigenvalue weighted by Gasteiger charge is -2.32. The summed E-state index contributed by atoms with van der Waals surface area (Å²) in [5.74, 6) is 0. The summed E-state index contributed by atoms with van der Waals surface area (Å²) < 4.78 is 1.18. The zero-order chi connectivity index (χ0) is 14.7. The molecule has 1 saturated heterocycles. The van der Waals surface area contributed by atoms with E-state index in [0.717, 1.165) is 6.54 Å². The van der Waals surface area contributed by atoms with Crippen LogP contribution in [0, 0.1) is 0 Å². The molecule has 1 fully saturated rings. The molecule has 2 nitrogen and oxygen atoms in total. The Balaban J connectivity index is 2.30. The molecule has 0 aliphatic carbocycles. The van der Waals surface area contributed by atoms with Gasteiger partial charge in [-0.25, -0.2) is 0 Å². The zero-order valence-corrected chi connectivity index (χ0v) is 14.7. The fourth-order valence-electron chi connectivity index (χ4n) is 3.15. The number of anilines is 1. The van der Waals surface area contributed by atoms with Gasteiger partial charge in [-0.1, -0.05) is 42.8 Å². The Kier molecular flexibility index (Phi) is 5.50. The lowest BCUT2D eigenvalue weighted by atomic mass is 10.1. The van der Waals surface area contributed by atoms with Crippen LogP contribution in [0.5, 0.6) is 0 Å². The van der Waals surface area contributed by atoms with Crippen molar-refractivity contribution in [3.63, 3.8) is 0 Å². The molecule has 0 radical (unpaired) electrons. The molecule has 1 aliphatic heterocycles. The van der Waals surface area contributed by atoms with Crippen LogP contribution in [0.25, 0.3) is 0 Å². The maximum atomic E-state index is 3.64. The standard InChI is InChI=1S/C17H27BrN2/c1-5-16-9-6-13(4)20(16)17-10-15(18)8-7-14(17)11-19-12(2)3/h7-8,10,12-13,16,19H,5-6,9,11H2,1-4H3. The van der Waals surface area contributed by atoms with Crippen LogP contribution in [-0.2, 0) is 6.54 Å². The first-order valence-electron chi connectivity index (χ1n) is 7.83. The van der Waals surface area contributed by atoms with Gasteiger partial charge in [-0.15, -0.1) is 0 Å². The van der Waals surface area contributed by atoms with Gasteiger partial charge in [-0.2, -0.15) is 0 Å². The van der Waals surface area contributed by atoms with Crippen molar-refractivity contribution in [2.75, 3.05) is 4.90 Å². The molecule has 0 spiro atoms. The van der Waals surface area contributed by atoms with Crippen LogP contribution in [0.3, 0.4) is 0 Å². The summed E-state index contributed by atoms with van der Waals surface area (Å²) in [5, 5.41) is 3.55. The van der Waals surface area contributed by atoms with Crippen LogP contribution in [-0.4, -0.2) is 18.1 Å². The number of nitrogens with one attached hydrogen (secondary N) is 1. The monoisotopic (exact) mass is 338 g/mol. The fourth-order valence-corrected chi connectivity index (χ4v) is 3.50. The van der Waals surface area contributed by atoms with Crippen molar-refractivity contribution in [2.45, 2.75) is 71.6 Å². The summed E-state index contributed by atoms with van der Waals surface area (Å²) in [7, 11) is 0. The van der Waals surface area contributed by atoms with Crippen LogP contribution >= 0.6 is 15.9 Å². The molecule has 1 aliphatic rings. The van der Waals surface area contributed by atoms with Crippen LogP contribution in [0.4, 0.5) is 5.69 Å². The molecule has 0 aromatic heterocycles. The van der Waals surface area contributed by atoms with Crippen molar-refractivity contribution in [1.82, 2.24) is 5.32 Å². The van der Waals surface area contributed by atoms with E-state index in [4.69, 9.17) is 0 Å². The van der Waals surface area contributed by atoms with Gasteiger partial charge in [0.25, 0.3) is 0 Å². The molecule has 0 saturated carbocycles. The van der Waals surface area contributed by atoms with Gasteiger partial charge in [0.1, 0.15) is 0 Å². The van der Waals surface area contributed by atoms with Gasteiger partial charge < -0.3 is 10.2 Å². The third-order valence-electron chi connectivity index (χ3n) is 4.28. The molecular weight excluding hydrogens is 312 g/mol. The van der Waals surface area contributed by atoms with Crippen molar-refractivity contribution >= 4 is 21.6 Å². The van der Waals surface area contributed by atoms with Crippen LogP contribution in [0.1, 0.15) is 52.5 Å². The molecule has 0 amide bonds. The van der Waals surface area contributed by atoms with Gasteiger partial charge in [0.2, 0.25) is 0 Å². The van der Waals surface area contributed by atoms with Gasteiger partial charge in [0.15, 0.2) is 0 Å². The van der Waals surface area contributed by atoms with Crippen LogP contribution < -0.4 is 10.2 Å². The smallest absolute Gasteiger partial charge is 0.0428 e. The van der Waals surface area contributed by atoms with Gasteiger partial charge in [0, 0.05) is 34.8 Å². The summed E-state index contributed by atoms with van der Waals surface area (Å²) in [6.07, 6.45) is 3.86. The lowest BCUT2D eigenvalue weighted by Crippen LogP contribution is -2.35. The first-order chi connectivity index (χ1) is 9.52. The summed E-state index contributed by atoms with van der Waals surface area (Å²) in [6.45, 7) is 10.0. The minimum absolute atomic E-state index is 0.518. The average Bonchev–Trinajstić information content (AvgIpc) is 2.78. The Morgan fingerprint density at radius 2 is 2.10 bits per heavy atom. The third kappa shape index (κ3) is 3.56. The topological polar surface area (TPSA) is 15.3 Å². The Bertz CT molecular complexity index is 445. The Hall–Kier alpha value is -0.540. The summed E-state index contributed by atoms with van der Waals surface area (Å²) in [4.78, 5) is 2.64. The Labute approximate surface area is 132 Å². The van der Waals surface area contributed by atoms with Gasteiger partial charge >= 0.3 is 0 Å². The largest absolute Gasteiger partial charge is 0.366 e. The first-order valence-corrected chi connectivity index (χ1v) is 8.62. The van der Waals surface area contributed by atoms with Crippen molar-refractivity contribution in [3.05, 3.63) is 28.2 Å². The zero-order valence-electron chi connectivity index (χ0n) is 13.1. The van der Waals surface area contributed by atoms with E-state index < -0.39 is 0 Å². The first kappa shape index (κ1) is 15.8. The summed E-state index contributed by atoms with van der Waals surface area (Å²) >= 11 is 3.64. The van der Waals surface area contributed by atoms with E-state index in [9.17, 15) is 0 Å². The van der Waals surface area contributed by atoms with Gasteiger partial charge in [-0.05, 0) is 43.9 Å². The molecule has 1 heterocycles. The maximum absolute atomic E-state index is 3.64. The molecule has 3 heteroatoms. The van der Waals surface area contributed by atoms with Crippen molar-refractivity contribution in [2.24, 2.45) is 0 Å². The second-order valence-electron chi connectivity index (χ2n) is 6.20. The van der Waals surface area contributed by atoms with E-state index in [1.807, 2.05) is 0 Å². The molecule has 2 atom stereocenters. The Morgan fingerprint density at radius 1 is 1.35 bits per heavy atom. The third-order valence-corrected chi connectivity index (χ3v) is 4.78. The molecular formula is C17H27BrN2. The van der Waals surface area contributed by atoms with Crippen molar-refractivity contribution in [1.29, 1.82) is 0 Å². The van der Waals surface area contributed by atoms with E-state index in [1.54, 1.807) is 0 Å². The number of rotatable bonds is 5. The molecule has 112 valence electrons. The van der Waals surface area contributed by atoms with Crippen molar-refractivity contribution < 1.29 is 0 Å². The van der Waals surface area contributed by atoms with Crippen LogP contribution in [0.2, 0.25) is 0 Å². The highest BCUT2D eigenvalue weighted by molar-refractivity contribution is 9.10. The predicted octanol–water partition coefficient (Wildman–Crippen LogP) is 4.71. The molecule has 0 bridgehead atoms. The maximum Gasteiger partial charge on any atom is 0.0428 e. The molecule has 2 unspecified atom stereocenters. The number of nitrogens with zero attached hydrogens (tertiary/aromatic N) is 1. The number of benzene rings is 1. The second kappa shape index (κ2) is 6.95. The van der Waals surface area contributed by atoms with Crippen molar-refractivity contribution in [3.8, 4) is 0 Å². The SMILES string of the molecule is CCC1CCC(C)N1c1cc(Br)ccc1CNC(C)C. The van der Waals surface area contributed by atoms with E-state index in [2.05, 4.69) is 72.0 Å². The fraction of sp³-hybridized carbons (Fsp3) is 0.647. The van der Waals surface area contributed by atoms with E-state index >= 15 is 0 Å². The molecule has 20 heavy (non-hydrogen) atoms. The minimum Gasteiger partial charge on any atom is -0.366 e. The highest BCUT2D eigenvalue weighted by Crippen LogP contribution is 2.35. The number of hydrogen-bond acceptors (Lipinski definition) is 2. The highest BCUT2D eigenvalue weighted by atomic mass is 79.9. The number of halogens is 1. The Morgan fingerprint density at radius 3 is 2.75 bits per heavy atom. The minimum atomic E-state index is 0.518. The lowest BCUT2D eigenvalue weighted by molar-refractivity contribution is 0.581. The quantitative estimate of drug-likeness (QED) is 0.835. The summed E-state index contributed by atoms with van der Waals surface area (Å²) in [6, 6.07) is 8.56. The number of hydrogen-bond donors (Lipinski definition) is 1. The van der Waals surface area contributed by atoms with Gasteiger partial charge in [-0.3, -0.25) is 0 Å². The van der Waals surface area contributed by atoms with E-state index in [1.165, 1.54) is 35.0 Å². The predicted molar refractivity (Wildman–Crippen MR) is 91.4 cm³/mol. The van der Waals surface area contributed by atoms with Gasteiger partial charge in [0.05, 0.1) is 0 Å².